The Hall–Kier alpha value is -7.82. The zero-order chi connectivity index (χ0) is 46.3. The second-order valence-electron chi connectivity index (χ2n) is 21.1. The van der Waals surface area contributed by atoms with E-state index >= 15 is 0 Å². The van der Waals surface area contributed by atoms with Crippen molar-refractivity contribution in [2.24, 2.45) is 0 Å². The molecule has 3 aliphatic rings. The molecule has 0 saturated heterocycles. The normalized spacial score (nSPS) is 15.2. The Morgan fingerprint density at radius 2 is 1.04 bits per heavy atom. The van der Waals surface area contributed by atoms with Gasteiger partial charge in [0.15, 0.2) is 17.2 Å². The van der Waals surface area contributed by atoms with Crippen molar-refractivity contribution in [2.45, 2.75) is 65.1 Å². The SMILES string of the molecule is Cc1cc(-n2c3[n+]4c5c(cccc52)-c2cc(C(C)(C)C)cc5c2C4(Oc2ccccc2-3)[n+]2ccc(-c3ccc(-c4ccccc4)cc3)cc2-5)c(-c2ccccc2)cc1-c1ccc(C(C)(C)C)cc1. The van der Waals surface area contributed by atoms with Crippen LogP contribution in [0.15, 0.2) is 194 Å². The van der Waals surface area contributed by atoms with Gasteiger partial charge in [0.2, 0.25) is 5.69 Å². The average Bonchev–Trinajstić information content (AvgIpc) is 3.85. The summed E-state index contributed by atoms with van der Waals surface area (Å²) < 4.78 is 15.2. The molecule has 0 saturated carbocycles. The highest BCUT2D eigenvalue weighted by atomic mass is 16.5. The summed E-state index contributed by atoms with van der Waals surface area (Å²) in [5.74, 6) is 0.890. The van der Waals surface area contributed by atoms with Crippen molar-refractivity contribution in [1.29, 1.82) is 0 Å². The highest BCUT2D eigenvalue weighted by molar-refractivity contribution is 5.99. The monoisotopic (exact) mass is 879 g/mol. The number of hydrogen-bond donors (Lipinski definition) is 0. The number of benzene rings is 8. The standard InChI is InChI=1S/C64H53N3O/c1-40-35-57(52(44-19-12-9-13-20-44)39-51(40)45-29-31-47(32-30-45)62(2,3)4)66-55-23-16-22-49-53-37-48(63(5,6)7)38-54-56-36-46(43-27-25-42(26-28-43)41-17-10-8-11-18-41)33-34-65(56)64(59(53)54)67(60(49)55)61(66)50-21-14-15-24-58(50)68-64/h8-39H,1-7H3/q+2. The maximum absolute atomic E-state index is 7.75. The number of pyridine rings is 1. The van der Waals surface area contributed by atoms with Gasteiger partial charge in [0.1, 0.15) is 22.6 Å². The number of imidazole rings is 1. The van der Waals surface area contributed by atoms with Gasteiger partial charge in [-0.1, -0.05) is 169 Å². The van der Waals surface area contributed by atoms with Gasteiger partial charge in [0.05, 0.1) is 5.56 Å². The molecule has 0 amide bonds. The van der Waals surface area contributed by atoms with Crippen LogP contribution in [-0.4, -0.2) is 4.57 Å². The van der Waals surface area contributed by atoms with E-state index in [4.69, 9.17) is 4.74 Å². The lowest BCUT2D eigenvalue weighted by molar-refractivity contribution is -0.997. The summed E-state index contributed by atoms with van der Waals surface area (Å²) in [5.41, 5.74) is 23.8. The average molecular weight is 880 g/mol. The fourth-order valence-electron chi connectivity index (χ4n) is 11.3. The maximum atomic E-state index is 7.75. The molecule has 0 aliphatic carbocycles. The van der Waals surface area contributed by atoms with Gasteiger partial charge < -0.3 is 4.74 Å². The summed E-state index contributed by atoms with van der Waals surface area (Å²) in [6.45, 7) is 16.1. The molecule has 3 aliphatic heterocycles. The van der Waals surface area contributed by atoms with Crippen LogP contribution >= 0.6 is 0 Å². The van der Waals surface area contributed by atoms with E-state index in [-0.39, 0.29) is 10.8 Å². The van der Waals surface area contributed by atoms with E-state index in [0.29, 0.717) is 0 Å². The van der Waals surface area contributed by atoms with Crippen molar-refractivity contribution < 1.29 is 13.9 Å². The molecule has 1 spiro atoms. The summed E-state index contributed by atoms with van der Waals surface area (Å²) in [7, 11) is 0. The van der Waals surface area contributed by atoms with E-state index < -0.39 is 5.85 Å². The third-order valence-corrected chi connectivity index (χ3v) is 14.8. The molecule has 5 heterocycles. The van der Waals surface area contributed by atoms with Crippen LogP contribution in [0.1, 0.15) is 63.8 Å². The third-order valence-electron chi connectivity index (χ3n) is 14.8. The molecule has 0 fully saturated rings. The van der Waals surface area contributed by atoms with Gasteiger partial charge in [0.25, 0.3) is 0 Å². The number of ether oxygens (including phenoxy) is 1. The first kappa shape index (κ1) is 40.5. The predicted molar refractivity (Wildman–Crippen MR) is 277 cm³/mol. The largest absolute Gasteiger partial charge is 0.499 e. The topological polar surface area (TPSA) is 21.9 Å². The fourth-order valence-corrected chi connectivity index (χ4v) is 11.3. The van der Waals surface area contributed by atoms with Crippen molar-refractivity contribution in [3.05, 3.63) is 217 Å². The summed E-state index contributed by atoms with van der Waals surface area (Å²) >= 11 is 0. The lowest BCUT2D eigenvalue weighted by atomic mass is 9.80. The highest BCUT2D eigenvalue weighted by Gasteiger charge is 2.68. The van der Waals surface area contributed by atoms with Crippen LogP contribution in [0.4, 0.5) is 0 Å². The van der Waals surface area contributed by atoms with E-state index in [1.54, 1.807) is 0 Å². The summed E-state index contributed by atoms with van der Waals surface area (Å²) in [6, 6.07) is 69.7. The minimum absolute atomic E-state index is 0.0724. The van der Waals surface area contributed by atoms with Gasteiger partial charge in [-0.2, -0.15) is 4.57 Å². The summed E-state index contributed by atoms with van der Waals surface area (Å²) in [6.07, 6.45) is 2.28. The lowest BCUT2D eigenvalue weighted by Gasteiger charge is -2.33. The fraction of sp³-hybridized carbons (Fsp3) is 0.156. The molecule has 4 nitrogen and oxygen atoms in total. The Morgan fingerprint density at radius 3 is 1.75 bits per heavy atom. The van der Waals surface area contributed by atoms with Crippen LogP contribution in [0.3, 0.4) is 0 Å². The number of aromatic nitrogens is 3. The number of hydrogen-bond acceptors (Lipinski definition) is 1. The molecule has 0 radical (unpaired) electrons. The number of aryl methyl sites for hydroxylation is 1. The third kappa shape index (κ3) is 5.79. The van der Waals surface area contributed by atoms with Crippen molar-refractivity contribution >= 4 is 11.0 Å². The first-order chi connectivity index (χ1) is 32.9. The van der Waals surface area contributed by atoms with Crippen molar-refractivity contribution in [3.63, 3.8) is 0 Å². The molecule has 0 N–H and O–H groups in total. The molecule has 10 aromatic rings. The Bertz CT molecular complexity index is 3700. The van der Waals surface area contributed by atoms with Gasteiger partial charge >= 0.3 is 11.7 Å². The van der Waals surface area contributed by atoms with E-state index in [2.05, 4.69) is 256 Å². The maximum Gasteiger partial charge on any atom is 0.499 e. The molecule has 1 unspecified atom stereocenters. The zero-order valence-corrected chi connectivity index (χ0v) is 39.7. The van der Waals surface area contributed by atoms with Gasteiger partial charge in [0, 0.05) is 28.8 Å². The van der Waals surface area contributed by atoms with Gasteiger partial charge in [-0.15, -0.1) is 9.13 Å². The summed E-state index contributed by atoms with van der Waals surface area (Å²) in [5, 5.41) is 0. The van der Waals surface area contributed by atoms with Gasteiger partial charge in [-0.05, 0) is 122 Å². The smallest absolute Gasteiger partial charge is 0.392 e. The van der Waals surface area contributed by atoms with Crippen LogP contribution in [0, 0.1) is 6.92 Å². The van der Waals surface area contributed by atoms with Gasteiger partial charge in [-0.25, -0.2) is 0 Å². The molecule has 4 heteroatoms. The number of nitrogens with zero attached hydrogens (tertiary/aromatic N) is 3. The van der Waals surface area contributed by atoms with E-state index in [1.807, 2.05) is 0 Å². The van der Waals surface area contributed by atoms with Crippen LogP contribution < -0.4 is 13.9 Å². The molecule has 2 aromatic heterocycles. The van der Waals surface area contributed by atoms with E-state index in [1.165, 1.54) is 83.5 Å². The van der Waals surface area contributed by atoms with Crippen molar-refractivity contribution in [2.75, 3.05) is 0 Å². The number of para-hydroxylation sites is 2. The highest BCUT2D eigenvalue weighted by Crippen LogP contribution is 2.54. The van der Waals surface area contributed by atoms with Crippen LogP contribution in [0.5, 0.6) is 5.75 Å². The first-order valence-corrected chi connectivity index (χ1v) is 24.0. The minimum atomic E-state index is -1.05. The Morgan fingerprint density at radius 1 is 0.456 bits per heavy atom. The number of rotatable bonds is 5. The van der Waals surface area contributed by atoms with Crippen LogP contribution in [0.25, 0.3) is 95.0 Å². The Labute approximate surface area is 399 Å². The molecule has 8 aromatic carbocycles. The minimum Gasteiger partial charge on any atom is -0.392 e. The van der Waals surface area contributed by atoms with Crippen LogP contribution in [-0.2, 0) is 16.7 Å². The second kappa shape index (κ2) is 14.3. The van der Waals surface area contributed by atoms with Gasteiger partial charge in [-0.3, -0.25) is 0 Å². The first-order valence-electron chi connectivity index (χ1n) is 24.0. The van der Waals surface area contributed by atoms with E-state index in [9.17, 15) is 0 Å². The Balaban J connectivity index is 1.10. The van der Waals surface area contributed by atoms with Crippen LogP contribution in [0.2, 0.25) is 0 Å². The second-order valence-corrected chi connectivity index (χ2v) is 21.1. The predicted octanol–water partition coefficient (Wildman–Crippen LogP) is 15.0. The van der Waals surface area contributed by atoms with Crippen molar-refractivity contribution in [1.82, 2.24) is 4.57 Å². The quantitative estimate of drug-likeness (QED) is 0.158. The molecule has 0 bridgehead atoms. The zero-order valence-electron chi connectivity index (χ0n) is 39.7. The Kier molecular flexibility index (Phi) is 8.53. The van der Waals surface area contributed by atoms with E-state index in [0.717, 1.165) is 39.6 Å². The molecular formula is C64H53N3O+2. The lowest BCUT2D eigenvalue weighted by Crippen LogP contribution is -2.78. The molecule has 13 rings (SSSR count). The van der Waals surface area contributed by atoms with Crippen molar-refractivity contribution in [3.8, 4) is 89.7 Å². The molecule has 328 valence electrons. The molecule has 1 atom stereocenters. The molecule has 68 heavy (non-hydrogen) atoms. The molecular weight excluding hydrogens is 827 g/mol. The summed E-state index contributed by atoms with van der Waals surface area (Å²) in [4.78, 5) is 0. The number of fused-ring (bicyclic) bond motifs is 5.